The Morgan fingerprint density at radius 1 is 1.22 bits per heavy atom. The van der Waals surface area contributed by atoms with E-state index in [1.807, 2.05) is 14.1 Å². The zero-order valence-electron chi connectivity index (χ0n) is 14.1. The highest BCUT2D eigenvalue weighted by Crippen LogP contribution is 2.28. The van der Waals surface area contributed by atoms with Crippen LogP contribution in [0.5, 0.6) is 0 Å². The Morgan fingerprint density at radius 2 is 1.96 bits per heavy atom. The number of hydrogen-bond acceptors (Lipinski definition) is 5. The molecule has 1 aliphatic heterocycles. The molecule has 3 N–H and O–H groups in total. The molecule has 0 bridgehead atoms. The van der Waals surface area contributed by atoms with Gasteiger partial charge in [0.25, 0.3) is 0 Å². The van der Waals surface area contributed by atoms with Crippen molar-refractivity contribution in [3.05, 3.63) is 0 Å². The fraction of sp³-hybridized carbons (Fsp3) is 0.875. The highest BCUT2D eigenvalue weighted by molar-refractivity contribution is 5.80. The van der Waals surface area contributed by atoms with Gasteiger partial charge in [0.1, 0.15) is 6.10 Å². The van der Waals surface area contributed by atoms with Crippen LogP contribution >= 0.6 is 0 Å². The average Bonchev–Trinajstić information content (AvgIpc) is 3.32. The normalized spacial score (nSPS) is 27.7. The van der Waals surface area contributed by atoms with Crippen molar-refractivity contribution >= 4 is 11.8 Å². The molecular weight excluding hydrogens is 298 g/mol. The lowest BCUT2D eigenvalue weighted by molar-refractivity contribution is -0.129. The number of hydrogen-bond donors (Lipinski definition) is 3. The molecule has 1 saturated heterocycles. The summed E-state index contributed by atoms with van der Waals surface area (Å²) in [5.74, 6) is 0.314. The van der Waals surface area contributed by atoms with Crippen LogP contribution in [-0.4, -0.2) is 73.9 Å². The van der Waals surface area contributed by atoms with Gasteiger partial charge in [0.15, 0.2) is 0 Å². The van der Waals surface area contributed by atoms with E-state index in [9.17, 15) is 14.7 Å². The van der Waals surface area contributed by atoms with Gasteiger partial charge in [-0.2, -0.15) is 0 Å². The predicted molar refractivity (Wildman–Crippen MR) is 85.8 cm³/mol. The van der Waals surface area contributed by atoms with E-state index in [2.05, 4.69) is 10.6 Å². The van der Waals surface area contributed by atoms with Crippen LogP contribution in [0.25, 0.3) is 0 Å². The Hall–Kier alpha value is -1.18. The number of aliphatic hydroxyl groups excluding tert-OH is 1. The van der Waals surface area contributed by atoms with Gasteiger partial charge >= 0.3 is 0 Å². The molecule has 0 aromatic carbocycles. The number of carbonyl (C=O) groups is 2. The van der Waals surface area contributed by atoms with Crippen molar-refractivity contribution in [2.24, 2.45) is 5.92 Å². The Bertz CT molecular complexity index is 412. The second-order valence-corrected chi connectivity index (χ2v) is 6.82. The SMILES string of the molecule is CN(C)CC(=O)N[C@H]1CC[C@@H](CCNC(=O)C2CC2)O[C@@H]1CO. The molecule has 0 radical (unpaired) electrons. The molecule has 7 nitrogen and oxygen atoms in total. The third-order valence-corrected chi connectivity index (χ3v) is 4.32. The third kappa shape index (κ3) is 6.08. The summed E-state index contributed by atoms with van der Waals surface area (Å²) >= 11 is 0. The van der Waals surface area contributed by atoms with Crippen molar-refractivity contribution in [1.82, 2.24) is 15.5 Å². The van der Waals surface area contributed by atoms with E-state index >= 15 is 0 Å². The molecule has 0 aromatic heterocycles. The average molecular weight is 327 g/mol. The van der Waals surface area contributed by atoms with E-state index in [-0.39, 0.29) is 42.6 Å². The van der Waals surface area contributed by atoms with Gasteiger partial charge in [0, 0.05) is 12.5 Å². The van der Waals surface area contributed by atoms with Gasteiger partial charge in [0.05, 0.1) is 25.3 Å². The van der Waals surface area contributed by atoms with E-state index in [0.29, 0.717) is 13.1 Å². The van der Waals surface area contributed by atoms with Crippen LogP contribution in [0.3, 0.4) is 0 Å². The Morgan fingerprint density at radius 3 is 2.57 bits per heavy atom. The van der Waals surface area contributed by atoms with Gasteiger partial charge in [0.2, 0.25) is 11.8 Å². The maximum Gasteiger partial charge on any atom is 0.234 e. The molecular formula is C16H29N3O4. The number of nitrogens with zero attached hydrogens (tertiary/aromatic N) is 1. The molecule has 2 rings (SSSR count). The van der Waals surface area contributed by atoms with Crippen molar-refractivity contribution in [2.75, 3.05) is 33.8 Å². The lowest BCUT2D eigenvalue weighted by atomic mass is 9.97. The minimum atomic E-state index is -0.376. The summed E-state index contributed by atoms with van der Waals surface area (Å²) in [7, 11) is 3.68. The molecule has 0 aromatic rings. The number of carbonyl (C=O) groups excluding carboxylic acids is 2. The molecule has 0 unspecified atom stereocenters. The fourth-order valence-corrected chi connectivity index (χ4v) is 2.90. The maximum absolute atomic E-state index is 11.8. The smallest absolute Gasteiger partial charge is 0.234 e. The number of likely N-dealkylation sites (N-methyl/N-ethyl adjacent to an activating group) is 1. The number of amides is 2. The lowest BCUT2D eigenvalue weighted by Gasteiger charge is -2.36. The van der Waals surface area contributed by atoms with Crippen LogP contribution in [-0.2, 0) is 14.3 Å². The van der Waals surface area contributed by atoms with Gasteiger partial charge in [-0.3, -0.25) is 9.59 Å². The van der Waals surface area contributed by atoms with E-state index in [1.54, 1.807) is 4.90 Å². The van der Waals surface area contributed by atoms with Crippen LogP contribution in [0.15, 0.2) is 0 Å². The largest absolute Gasteiger partial charge is 0.394 e. The predicted octanol–water partition coefficient (Wildman–Crippen LogP) is -0.511. The van der Waals surface area contributed by atoms with Crippen molar-refractivity contribution in [2.45, 2.75) is 50.4 Å². The van der Waals surface area contributed by atoms with Gasteiger partial charge in [-0.25, -0.2) is 0 Å². The minimum Gasteiger partial charge on any atom is -0.394 e. The Kier molecular flexibility index (Phi) is 6.80. The van der Waals surface area contributed by atoms with Gasteiger partial charge in [-0.05, 0) is 46.2 Å². The van der Waals surface area contributed by atoms with E-state index in [0.717, 1.165) is 32.1 Å². The number of ether oxygens (including phenoxy) is 1. The summed E-state index contributed by atoms with van der Waals surface area (Å²) in [6, 6.07) is -0.148. The lowest BCUT2D eigenvalue weighted by Crippen LogP contribution is -2.52. The van der Waals surface area contributed by atoms with Crippen LogP contribution < -0.4 is 10.6 Å². The van der Waals surface area contributed by atoms with Crippen LogP contribution in [0, 0.1) is 5.92 Å². The third-order valence-electron chi connectivity index (χ3n) is 4.32. The van der Waals surface area contributed by atoms with E-state index < -0.39 is 0 Å². The molecule has 3 atom stereocenters. The summed E-state index contributed by atoms with van der Waals surface area (Å²) < 4.78 is 5.88. The minimum absolute atomic E-state index is 0.0219. The standard InChI is InChI=1S/C16H29N3O4/c1-19(2)9-15(21)18-13-6-5-12(23-14(13)10-20)7-8-17-16(22)11-3-4-11/h11-14,20H,3-10H2,1-2H3,(H,17,22)(H,18,21)/t12-,13-,14+/m0/s1. The summed E-state index contributed by atoms with van der Waals surface area (Å²) in [4.78, 5) is 25.2. The molecule has 2 amide bonds. The van der Waals surface area contributed by atoms with Gasteiger partial charge in [-0.1, -0.05) is 0 Å². The molecule has 132 valence electrons. The van der Waals surface area contributed by atoms with E-state index in [4.69, 9.17) is 4.74 Å². The molecule has 0 spiro atoms. The Balaban J connectivity index is 1.69. The molecule has 1 heterocycles. The molecule has 1 saturated carbocycles. The molecule has 7 heteroatoms. The molecule has 23 heavy (non-hydrogen) atoms. The number of rotatable bonds is 8. The van der Waals surface area contributed by atoms with Crippen molar-refractivity contribution in [3.63, 3.8) is 0 Å². The summed E-state index contributed by atoms with van der Waals surface area (Å²) in [6.07, 6.45) is 4.01. The first-order valence-electron chi connectivity index (χ1n) is 8.47. The first kappa shape index (κ1) is 18.2. The number of nitrogens with one attached hydrogen (secondary N) is 2. The Labute approximate surface area is 137 Å². The molecule has 1 aliphatic carbocycles. The van der Waals surface area contributed by atoms with Crippen LogP contribution in [0.2, 0.25) is 0 Å². The van der Waals surface area contributed by atoms with Gasteiger partial charge in [-0.15, -0.1) is 0 Å². The second kappa shape index (κ2) is 8.61. The monoisotopic (exact) mass is 327 g/mol. The maximum atomic E-state index is 11.8. The molecule has 2 aliphatic rings. The second-order valence-electron chi connectivity index (χ2n) is 6.82. The quantitative estimate of drug-likeness (QED) is 0.558. The van der Waals surface area contributed by atoms with Gasteiger partial charge < -0.3 is 25.4 Å². The summed E-state index contributed by atoms with van der Waals surface area (Å²) in [5.41, 5.74) is 0. The molecule has 2 fully saturated rings. The van der Waals surface area contributed by atoms with E-state index in [1.165, 1.54) is 0 Å². The van der Waals surface area contributed by atoms with Crippen molar-refractivity contribution < 1.29 is 19.4 Å². The zero-order valence-corrected chi connectivity index (χ0v) is 14.1. The first-order valence-corrected chi connectivity index (χ1v) is 8.47. The zero-order chi connectivity index (χ0) is 16.8. The first-order chi connectivity index (χ1) is 11.0. The topological polar surface area (TPSA) is 90.9 Å². The highest BCUT2D eigenvalue weighted by atomic mass is 16.5. The summed E-state index contributed by atoms with van der Waals surface area (Å²) in [6.45, 7) is 0.818. The van der Waals surface area contributed by atoms with Crippen LogP contribution in [0.1, 0.15) is 32.1 Å². The van der Waals surface area contributed by atoms with Crippen molar-refractivity contribution in [3.8, 4) is 0 Å². The highest BCUT2D eigenvalue weighted by Gasteiger charge is 2.32. The van der Waals surface area contributed by atoms with Crippen molar-refractivity contribution in [1.29, 1.82) is 0 Å². The number of aliphatic hydroxyl groups is 1. The fourth-order valence-electron chi connectivity index (χ4n) is 2.90. The summed E-state index contributed by atoms with van der Waals surface area (Å²) in [5, 5.41) is 15.4. The van der Waals surface area contributed by atoms with Crippen LogP contribution in [0.4, 0.5) is 0 Å².